The molecule has 3 nitrogen and oxygen atoms in total. The molecule has 0 saturated carbocycles. The molecule has 0 unspecified atom stereocenters. The van der Waals surface area contributed by atoms with E-state index in [1.54, 1.807) is 0 Å². The van der Waals surface area contributed by atoms with Crippen molar-refractivity contribution >= 4 is 17.5 Å². The van der Waals surface area contributed by atoms with Crippen LogP contribution in [0.4, 0.5) is 0 Å². The number of thiocarbonyl (C=S) groups is 1. The topological polar surface area (TPSA) is 38.7 Å². The van der Waals surface area contributed by atoms with E-state index in [0.717, 1.165) is 0 Å². The summed E-state index contributed by atoms with van der Waals surface area (Å²) in [6.45, 7) is 0.607. The molecule has 1 atom stereocenters. The van der Waals surface area contributed by atoms with Crippen molar-refractivity contribution in [2.75, 3.05) is 13.2 Å². The lowest BCUT2D eigenvalue weighted by Gasteiger charge is -2.01. The SMILES string of the molecule is OCC[C@@H]1COC(=S)O1. The average molecular weight is 148 g/mol. The highest BCUT2D eigenvalue weighted by Crippen LogP contribution is 2.08. The molecule has 1 saturated heterocycles. The van der Waals surface area contributed by atoms with E-state index in [2.05, 4.69) is 12.2 Å². The number of aliphatic hydroxyl groups is 1. The Morgan fingerprint density at radius 3 is 3.00 bits per heavy atom. The molecule has 4 heteroatoms. The quantitative estimate of drug-likeness (QED) is 0.562. The van der Waals surface area contributed by atoms with Crippen LogP contribution >= 0.6 is 12.2 Å². The van der Waals surface area contributed by atoms with Gasteiger partial charge in [-0.05, 0) is 0 Å². The van der Waals surface area contributed by atoms with Crippen LogP contribution in [0.25, 0.3) is 0 Å². The van der Waals surface area contributed by atoms with Gasteiger partial charge in [0.2, 0.25) is 0 Å². The molecule has 1 fully saturated rings. The maximum absolute atomic E-state index is 8.43. The summed E-state index contributed by atoms with van der Waals surface area (Å²) < 4.78 is 9.77. The average Bonchev–Trinajstić information content (AvgIpc) is 2.17. The number of ether oxygens (including phenoxy) is 2. The second-order valence-corrected chi connectivity index (χ2v) is 2.15. The van der Waals surface area contributed by atoms with Crippen LogP contribution in [0.15, 0.2) is 0 Å². The molecule has 1 aliphatic heterocycles. The third-order valence-corrected chi connectivity index (χ3v) is 1.32. The Kier molecular flexibility index (Phi) is 2.24. The van der Waals surface area contributed by atoms with Gasteiger partial charge in [-0.25, -0.2) is 0 Å². The molecule has 1 rings (SSSR count). The lowest BCUT2D eigenvalue weighted by molar-refractivity contribution is 0.171. The van der Waals surface area contributed by atoms with Crippen molar-refractivity contribution in [1.82, 2.24) is 0 Å². The van der Waals surface area contributed by atoms with Gasteiger partial charge in [0.05, 0.1) is 0 Å². The van der Waals surface area contributed by atoms with Gasteiger partial charge in [0, 0.05) is 25.2 Å². The normalized spacial score (nSPS) is 25.4. The standard InChI is InChI=1S/C5H8O3S/c6-2-1-4-3-7-5(9)8-4/h4,6H,1-3H2/t4-/m1/s1. The summed E-state index contributed by atoms with van der Waals surface area (Å²) >= 11 is 4.58. The largest absolute Gasteiger partial charge is 0.453 e. The van der Waals surface area contributed by atoms with Crippen molar-refractivity contribution in [3.63, 3.8) is 0 Å². The molecular formula is C5H8O3S. The van der Waals surface area contributed by atoms with Crippen molar-refractivity contribution in [3.8, 4) is 0 Å². The van der Waals surface area contributed by atoms with Crippen molar-refractivity contribution in [2.24, 2.45) is 0 Å². The van der Waals surface area contributed by atoms with E-state index in [4.69, 9.17) is 14.6 Å². The molecule has 9 heavy (non-hydrogen) atoms. The van der Waals surface area contributed by atoms with E-state index in [0.29, 0.717) is 13.0 Å². The first-order valence-electron chi connectivity index (χ1n) is 2.77. The third-order valence-electron chi connectivity index (χ3n) is 1.10. The van der Waals surface area contributed by atoms with Crippen LogP contribution in [0.1, 0.15) is 6.42 Å². The van der Waals surface area contributed by atoms with Crippen molar-refractivity contribution < 1.29 is 14.6 Å². The predicted molar refractivity (Wildman–Crippen MR) is 35.1 cm³/mol. The highest BCUT2D eigenvalue weighted by atomic mass is 32.1. The Morgan fingerprint density at radius 2 is 2.56 bits per heavy atom. The molecule has 0 radical (unpaired) electrons. The van der Waals surface area contributed by atoms with Crippen LogP contribution in [-0.4, -0.2) is 29.7 Å². The zero-order valence-electron chi connectivity index (χ0n) is 4.87. The van der Waals surface area contributed by atoms with Crippen LogP contribution in [-0.2, 0) is 9.47 Å². The minimum absolute atomic E-state index is 0.0255. The lowest BCUT2D eigenvalue weighted by Crippen LogP contribution is -2.11. The molecule has 1 aliphatic rings. The summed E-state index contributed by atoms with van der Waals surface area (Å²) in [7, 11) is 0. The van der Waals surface area contributed by atoms with E-state index >= 15 is 0 Å². The molecule has 52 valence electrons. The zero-order chi connectivity index (χ0) is 6.69. The van der Waals surface area contributed by atoms with Crippen molar-refractivity contribution in [3.05, 3.63) is 0 Å². The number of hydrogen-bond donors (Lipinski definition) is 1. The fourth-order valence-corrected chi connectivity index (χ4v) is 0.855. The van der Waals surface area contributed by atoms with E-state index in [1.165, 1.54) is 0 Å². The van der Waals surface area contributed by atoms with Gasteiger partial charge < -0.3 is 14.6 Å². The third kappa shape index (κ3) is 1.80. The zero-order valence-corrected chi connectivity index (χ0v) is 5.69. The van der Waals surface area contributed by atoms with Gasteiger partial charge in [-0.1, -0.05) is 0 Å². The van der Waals surface area contributed by atoms with Gasteiger partial charge in [-0.2, -0.15) is 0 Å². The summed E-state index contributed by atoms with van der Waals surface area (Å²) in [6.07, 6.45) is 0.572. The minimum Gasteiger partial charge on any atom is -0.453 e. The van der Waals surface area contributed by atoms with Crippen LogP contribution in [0.5, 0.6) is 0 Å². The van der Waals surface area contributed by atoms with E-state index in [1.807, 2.05) is 0 Å². The van der Waals surface area contributed by atoms with Crippen molar-refractivity contribution in [1.29, 1.82) is 0 Å². The second kappa shape index (κ2) is 2.98. The number of hydrogen-bond acceptors (Lipinski definition) is 4. The fraction of sp³-hybridized carbons (Fsp3) is 0.800. The maximum atomic E-state index is 8.43. The second-order valence-electron chi connectivity index (χ2n) is 1.81. The van der Waals surface area contributed by atoms with Crippen molar-refractivity contribution in [2.45, 2.75) is 12.5 Å². The fourth-order valence-electron chi connectivity index (χ4n) is 0.651. The van der Waals surface area contributed by atoms with Crippen LogP contribution in [0, 0.1) is 0 Å². The lowest BCUT2D eigenvalue weighted by atomic mass is 10.3. The highest BCUT2D eigenvalue weighted by Gasteiger charge is 2.20. The molecule has 0 aromatic carbocycles. The van der Waals surface area contributed by atoms with Crippen LogP contribution in [0.2, 0.25) is 0 Å². The summed E-state index contributed by atoms with van der Waals surface area (Å²) in [6, 6.07) is 0. The van der Waals surface area contributed by atoms with Crippen LogP contribution in [0.3, 0.4) is 0 Å². The molecule has 0 spiro atoms. The monoisotopic (exact) mass is 148 g/mol. The van der Waals surface area contributed by atoms with E-state index < -0.39 is 0 Å². The first-order valence-corrected chi connectivity index (χ1v) is 3.18. The predicted octanol–water partition coefficient (Wildman–Crippen LogP) is 0.0691. The minimum atomic E-state index is -0.0255. The molecule has 1 heterocycles. The van der Waals surface area contributed by atoms with Gasteiger partial charge in [-0.3, -0.25) is 0 Å². The summed E-state index contributed by atoms with van der Waals surface area (Å²) in [5.41, 5.74) is 0. The van der Waals surface area contributed by atoms with Gasteiger partial charge in [-0.15, -0.1) is 0 Å². The molecule has 0 bridgehead atoms. The van der Waals surface area contributed by atoms with Gasteiger partial charge in [0.25, 0.3) is 0 Å². The highest BCUT2D eigenvalue weighted by molar-refractivity contribution is 7.79. The Bertz CT molecular complexity index is 115. The smallest absolute Gasteiger partial charge is 0.352 e. The van der Waals surface area contributed by atoms with E-state index in [9.17, 15) is 0 Å². The van der Waals surface area contributed by atoms with Gasteiger partial charge in [0.1, 0.15) is 12.7 Å². The molecular weight excluding hydrogens is 140 g/mol. The summed E-state index contributed by atoms with van der Waals surface area (Å²) in [4.78, 5) is 0. The molecule has 0 aromatic rings. The first-order chi connectivity index (χ1) is 4.33. The molecule has 0 aliphatic carbocycles. The Morgan fingerprint density at radius 1 is 1.78 bits per heavy atom. The summed E-state index contributed by atoms with van der Waals surface area (Å²) in [5, 5.41) is 8.64. The maximum Gasteiger partial charge on any atom is 0.352 e. The Balaban J connectivity index is 2.22. The number of rotatable bonds is 2. The van der Waals surface area contributed by atoms with E-state index in [-0.39, 0.29) is 17.9 Å². The molecule has 0 amide bonds. The van der Waals surface area contributed by atoms with Gasteiger partial charge >= 0.3 is 5.24 Å². The van der Waals surface area contributed by atoms with Gasteiger partial charge in [0.15, 0.2) is 0 Å². The van der Waals surface area contributed by atoms with Crippen LogP contribution < -0.4 is 0 Å². The Labute approximate surface area is 58.6 Å². The summed E-state index contributed by atoms with van der Waals surface area (Å²) in [5.74, 6) is 0. The number of aliphatic hydroxyl groups excluding tert-OH is 1. The molecule has 0 aromatic heterocycles. The molecule has 1 N–H and O–H groups in total. The Hall–Kier alpha value is -0.350. The first kappa shape index (κ1) is 6.77.